The number of ether oxygens (including phenoxy) is 1. The van der Waals surface area contributed by atoms with Crippen LogP contribution in [0.25, 0.3) is 11.1 Å². The Morgan fingerprint density at radius 1 is 1.22 bits per heavy atom. The molecule has 0 heterocycles. The van der Waals surface area contributed by atoms with Crippen LogP contribution in [0, 0.1) is 5.82 Å². The molecule has 2 rings (SSSR count). The normalized spacial score (nSPS) is 11.1. The molecule has 0 spiro atoms. The van der Waals surface area contributed by atoms with Crippen molar-refractivity contribution in [3.63, 3.8) is 0 Å². The van der Waals surface area contributed by atoms with Crippen molar-refractivity contribution in [2.75, 3.05) is 5.73 Å². The number of hydrogen-bond acceptors (Lipinski definition) is 3. The van der Waals surface area contributed by atoms with Crippen LogP contribution in [0.3, 0.4) is 0 Å². The van der Waals surface area contributed by atoms with Gasteiger partial charge in [-0.2, -0.15) is 0 Å². The molecule has 0 unspecified atom stereocenters. The zero-order valence-corrected chi connectivity index (χ0v) is 13.5. The fourth-order valence-electron chi connectivity index (χ4n) is 2.12. The zero-order chi connectivity index (χ0) is 17.0. The smallest absolute Gasteiger partial charge is 0.407 e. The van der Waals surface area contributed by atoms with Gasteiger partial charge in [-0.3, -0.25) is 0 Å². The number of amides is 1. The molecule has 1 amide bonds. The first kappa shape index (κ1) is 16.8. The van der Waals surface area contributed by atoms with E-state index in [4.69, 9.17) is 10.5 Å². The quantitative estimate of drug-likeness (QED) is 0.838. The Bertz CT molecular complexity index is 694. The van der Waals surface area contributed by atoms with E-state index < -0.39 is 17.5 Å². The highest BCUT2D eigenvalue weighted by atomic mass is 19.1. The average Bonchev–Trinajstić information content (AvgIpc) is 2.47. The first-order valence-electron chi connectivity index (χ1n) is 7.36. The van der Waals surface area contributed by atoms with Gasteiger partial charge in [0, 0.05) is 23.4 Å². The summed E-state index contributed by atoms with van der Waals surface area (Å²) in [6.07, 6.45) is -0.595. The third-order valence-electron chi connectivity index (χ3n) is 3.13. The van der Waals surface area contributed by atoms with E-state index in [0.29, 0.717) is 16.8 Å². The summed E-state index contributed by atoms with van der Waals surface area (Å²) in [7, 11) is 0. The Morgan fingerprint density at radius 2 is 1.87 bits per heavy atom. The van der Waals surface area contributed by atoms with Crippen molar-refractivity contribution < 1.29 is 13.9 Å². The summed E-state index contributed by atoms with van der Waals surface area (Å²) >= 11 is 0. The third kappa shape index (κ3) is 4.71. The predicted molar refractivity (Wildman–Crippen MR) is 89.3 cm³/mol. The molecule has 0 aromatic heterocycles. The van der Waals surface area contributed by atoms with E-state index in [0.717, 1.165) is 5.56 Å². The van der Waals surface area contributed by atoms with Crippen LogP contribution in [0.1, 0.15) is 26.3 Å². The molecule has 0 radical (unpaired) electrons. The Morgan fingerprint density at radius 3 is 2.48 bits per heavy atom. The number of hydrogen-bond donors (Lipinski definition) is 2. The second-order valence-corrected chi connectivity index (χ2v) is 6.25. The van der Waals surface area contributed by atoms with Gasteiger partial charge in [0.05, 0.1) is 0 Å². The molecule has 3 N–H and O–H groups in total. The number of benzene rings is 2. The van der Waals surface area contributed by atoms with E-state index in [1.54, 1.807) is 20.8 Å². The number of carbonyl (C=O) groups excluding carboxylic acids is 1. The minimum Gasteiger partial charge on any atom is -0.444 e. The molecular weight excluding hydrogens is 295 g/mol. The van der Waals surface area contributed by atoms with E-state index in [1.165, 1.54) is 12.1 Å². The topological polar surface area (TPSA) is 64.3 Å². The number of nitrogen functional groups attached to an aromatic ring is 1. The number of halogens is 1. The monoisotopic (exact) mass is 316 g/mol. The molecule has 4 nitrogen and oxygen atoms in total. The molecule has 0 atom stereocenters. The van der Waals surface area contributed by atoms with E-state index in [-0.39, 0.29) is 6.54 Å². The summed E-state index contributed by atoms with van der Waals surface area (Å²) in [5.41, 5.74) is 7.66. The molecule has 0 bridgehead atoms. The molecule has 0 aliphatic heterocycles. The minimum atomic E-state index is -0.598. The van der Waals surface area contributed by atoms with Crippen LogP contribution in [0.2, 0.25) is 0 Å². The summed E-state index contributed by atoms with van der Waals surface area (Å²) in [6.45, 7) is 5.30. The SMILES string of the molecule is CC(C)(C)OC(=O)NCc1cc(N)c(-c2ccccc2)cc1F. The lowest BCUT2D eigenvalue weighted by Crippen LogP contribution is -2.32. The maximum atomic E-state index is 14.3. The standard InChI is InChI=1S/C18H21FN2O2/c1-18(2,3)23-17(22)21-11-13-9-16(20)14(10-15(13)19)12-7-5-4-6-8-12/h4-10H,11,20H2,1-3H3,(H,21,22). The van der Waals surface area contributed by atoms with Crippen LogP contribution in [0.4, 0.5) is 14.9 Å². The van der Waals surface area contributed by atoms with E-state index in [2.05, 4.69) is 5.32 Å². The second-order valence-electron chi connectivity index (χ2n) is 6.25. The Kier molecular flexibility index (Phi) is 4.89. The lowest BCUT2D eigenvalue weighted by molar-refractivity contribution is 0.0523. The Labute approximate surface area is 135 Å². The number of nitrogens with two attached hydrogens (primary N) is 1. The first-order valence-corrected chi connectivity index (χ1v) is 7.36. The molecule has 2 aromatic rings. The molecule has 0 aliphatic carbocycles. The van der Waals surface area contributed by atoms with Crippen LogP contribution in [0.5, 0.6) is 0 Å². The number of alkyl carbamates (subject to hydrolysis) is 1. The first-order chi connectivity index (χ1) is 10.8. The van der Waals surface area contributed by atoms with Crippen molar-refractivity contribution in [2.24, 2.45) is 0 Å². The lowest BCUT2D eigenvalue weighted by Gasteiger charge is -2.20. The van der Waals surface area contributed by atoms with E-state index in [1.807, 2.05) is 30.3 Å². The molecule has 0 aliphatic rings. The van der Waals surface area contributed by atoms with Crippen LogP contribution < -0.4 is 11.1 Å². The number of rotatable bonds is 3. The van der Waals surface area contributed by atoms with Crippen molar-refractivity contribution >= 4 is 11.8 Å². The van der Waals surface area contributed by atoms with Gasteiger partial charge in [0.1, 0.15) is 11.4 Å². The van der Waals surface area contributed by atoms with Crippen LogP contribution in [0.15, 0.2) is 42.5 Å². The van der Waals surface area contributed by atoms with Crippen molar-refractivity contribution in [1.82, 2.24) is 5.32 Å². The molecule has 0 saturated carbocycles. The molecule has 23 heavy (non-hydrogen) atoms. The van der Waals surface area contributed by atoms with Crippen molar-refractivity contribution in [2.45, 2.75) is 32.9 Å². The summed E-state index contributed by atoms with van der Waals surface area (Å²) in [6, 6.07) is 12.3. The van der Waals surface area contributed by atoms with Crippen molar-refractivity contribution in [1.29, 1.82) is 0 Å². The maximum Gasteiger partial charge on any atom is 0.407 e. The van der Waals surface area contributed by atoms with Gasteiger partial charge in [-0.15, -0.1) is 0 Å². The van der Waals surface area contributed by atoms with Crippen LogP contribution in [-0.4, -0.2) is 11.7 Å². The molecule has 2 aromatic carbocycles. The fourth-order valence-corrected chi connectivity index (χ4v) is 2.12. The second kappa shape index (κ2) is 6.69. The summed E-state index contributed by atoms with van der Waals surface area (Å²) < 4.78 is 19.4. The van der Waals surface area contributed by atoms with Crippen molar-refractivity contribution in [3.8, 4) is 11.1 Å². The average molecular weight is 316 g/mol. The van der Waals surface area contributed by atoms with Gasteiger partial charge in [0.25, 0.3) is 0 Å². The zero-order valence-electron chi connectivity index (χ0n) is 13.5. The summed E-state index contributed by atoms with van der Waals surface area (Å²) in [5.74, 6) is -0.422. The highest BCUT2D eigenvalue weighted by Crippen LogP contribution is 2.28. The largest absolute Gasteiger partial charge is 0.444 e. The highest BCUT2D eigenvalue weighted by molar-refractivity contribution is 5.77. The van der Waals surface area contributed by atoms with E-state index >= 15 is 0 Å². The summed E-state index contributed by atoms with van der Waals surface area (Å²) in [4.78, 5) is 11.6. The number of nitrogens with one attached hydrogen (secondary N) is 1. The van der Waals surface area contributed by atoms with Gasteiger partial charge in [0.2, 0.25) is 0 Å². The van der Waals surface area contributed by atoms with Gasteiger partial charge in [-0.25, -0.2) is 9.18 Å². The van der Waals surface area contributed by atoms with Crippen LogP contribution in [-0.2, 0) is 11.3 Å². The highest BCUT2D eigenvalue weighted by Gasteiger charge is 2.16. The number of anilines is 1. The minimum absolute atomic E-state index is 0.0139. The molecule has 0 fully saturated rings. The van der Waals surface area contributed by atoms with Gasteiger partial charge in [-0.1, -0.05) is 30.3 Å². The van der Waals surface area contributed by atoms with Crippen molar-refractivity contribution in [3.05, 3.63) is 53.8 Å². The van der Waals surface area contributed by atoms with Gasteiger partial charge >= 0.3 is 6.09 Å². The Hall–Kier alpha value is -2.56. The number of carbonyl (C=O) groups is 1. The third-order valence-corrected chi connectivity index (χ3v) is 3.13. The van der Waals surface area contributed by atoms with Gasteiger partial charge in [-0.05, 0) is 38.5 Å². The lowest BCUT2D eigenvalue weighted by atomic mass is 10.0. The molecule has 5 heteroatoms. The maximum absolute atomic E-state index is 14.3. The Balaban J connectivity index is 2.13. The summed E-state index contributed by atoms with van der Waals surface area (Å²) in [5, 5.41) is 2.53. The van der Waals surface area contributed by atoms with Crippen LogP contribution >= 0.6 is 0 Å². The molecular formula is C18H21FN2O2. The van der Waals surface area contributed by atoms with E-state index in [9.17, 15) is 9.18 Å². The predicted octanol–water partition coefficient (Wildman–Crippen LogP) is 4.10. The molecule has 122 valence electrons. The fraction of sp³-hybridized carbons (Fsp3) is 0.278. The van der Waals surface area contributed by atoms with Gasteiger partial charge < -0.3 is 15.8 Å². The van der Waals surface area contributed by atoms with Gasteiger partial charge in [0.15, 0.2) is 0 Å². The molecule has 0 saturated heterocycles.